The van der Waals surface area contributed by atoms with Crippen molar-refractivity contribution in [2.24, 2.45) is 7.05 Å². The minimum Gasteiger partial charge on any atom is -0.368 e. The van der Waals surface area contributed by atoms with Crippen molar-refractivity contribution in [1.82, 2.24) is 39.1 Å². The SMILES string of the molecule is C[C@H]1C[C@@H](C(F)(F)F)n2nc(-c3nc4c5cnn(C)c5ncn4n3)cc2N1. The number of halogens is 3. The largest absolute Gasteiger partial charge is 0.410 e. The quantitative estimate of drug-likeness (QED) is 0.547. The van der Waals surface area contributed by atoms with E-state index < -0.39 is 12.2 Å². The molecule has 0 fully saturated rings. The van der Waals surface area contributed by atoms with Gasteiger partial charge in [-0.2, -0.15) is 23.4 Å². The first-order valence-electron chi connectivity index (χ1n) is 8.27. The zero-order valence-corrected chi connectivity index (χ0v) is 14.3. The highest BCUT2D eigenvalue weighted by Gasteiger charge is 2.45. The fourth-order valence-electron chi connectivity index (χ4n) is 3.41. The van der Waals surface area contributed by atoms with Crippen LogP contribution in [0.15, 0.2) is 18.6 Å². The Morgan fingerprint density at radius 3 is 2.81 bits per heavy atom. The van der Waals surface area contributed by atoms with E-state index in [0.29, 0.717) is 22.5 Å². The number of hydrogen-bond acceptors (Lipinski definition) is 6. The lowest BCUT2D eigenvalue weighted by atomic mass is 10.1. The Hall–Kier alpha value is -3.18. The fraction of sp³-hybridized carbons (Fsp3) is 0.400. The topological polar surface area (TPSA) is 90.8 Å². The highest BCUT2D eigenvalue weighted by atomic mass is 19.4. The number of nitrogens with zero attached hydrogens (tertiary/aromatic N) is 8. The number of hydrogen-bond donors (Lipinski definition) is 1. The summed E-state index contributed by atoms with van der Waals surface area (Å²) in [6, 6.07) is -0.458. The van der Waals surface area contributed by atoms with Gasteiger partial charge in [-0.25, -0.2) is 19.2 Å². The lowest BCUT2D eigenvalue weighted by Crippen LogP contribution is -2.37. The number of aromatic nitrogens is 8. The highest BCUT2D eigenvalue weighted by molar-refractivity contribution is 5.88. The molecule has 0 saturated heterocycles. The molecular weight excluding hydrogens is 363 g/mol. The van der Waals surface area contributed by atoms with E-state index in [0.717, 1.165) is 4.68 Å². The van der Waals surface area contributed by atoms with Gasteiger partial charge in [-0.3, -0.25) is 4.68 Å². The van der Waals surface area contributed by atoms with Crippen LogP contribution in [0.5, 0.6) is 0 Å². The first-order chi connectivity index (χ1) is 12.8. The maximum atomic E-state index is 13.4. The summed E-state index contributed by atoms with van der Waals surface area (Å²) in [5.41, 5.74) is 1.42. The van der Waals surface area contributed by atoms with Gasteiger partial charge in [-0.05, 0) is 13.3 Å². The van der Waals surface area contributed by atoms with Gasteiger partial charge in [0.25, 0.3) is 0 Å². The molecule has 5 rings (SSSR count). The third kappa shape index (κ3) is 2.35. The van der Waals surface area contributed by atoms with Gasteiger partial charge in [0, 0.05) is 19.2 Å². The molecule has 4 aromatic rings. The van der Waals surface area contributed by atoms with Gasteiger partial charge in [-0.1, -0.05) is 0 Å². The second-order valence-corrected chi connectivity index (χ2v) is 6.65. The monoisotopic (exact) mass is 377 g/mol. The number of fused-ring (bicyclic) bond motifs is 4. The summed E-state index contributed by atoms with van der Waals surface area (Å²) in [4.78, 5) is 8.72. The van der Waals surface area contributed by atoms with E-state index in [2.05, 4.69) is 30.6 Å². The number of anilines is 1. The summed E-state index contributed by atoms with van der Waals surface area (Å²) in [5.74, 6) is 0.528. The van der Waals surface area contributed by atoms with Crippen molar-refractivity contribution in [2.75, 3.05) is 5.32 Å². The molecule has 1 aliphatic heterocycles. The van der Waals surface area contributed by atoms with Crippen LogP contribution in [0.1, 0.15) is 19.4 Å². The van der Waals surface area contributed by atoms with Gasteiger partial charge < -0.3 is 5.32 Å². The van der Waals surface area contributed by atoms with Crippen LogP contribution in [0.2, 0.25) is 0 Å². The normalized spacial score (nSPS) is 20.2. The molecular formula is C15H14F3N9. The average molecular weight is 377 g/mol. The molecule has 140 valence electrons. The Balaban J connectivity index is 1.65. The molecule has 1 aliphatic rings. The average Bonchev–Trinajstić information content (AvgIpc) is 3.28. The van der Waals surface area contributed by atoms with E-state index >= 15 is 0 Å². The predicted octanol–water partition coefficient (Wildman–Crippen LogP) is 2.18. The molecule has 0 aromatic carbocycles. The first kappa shape index (κ1) is 16.0. The molecule has 1 N–H and O–H groups in total. The Morgan fingerprint density at radius 2 is 2.04 bits per heavy atom. The molecule has 0 saturated carbocycles. The van der Waals surface area contributed by atoms with Crippen LogP contribution in [-0.2, 0) is 7.05 Å². The van der Waals surface area contributed by atoms with Crippen LogP contribution in [0.3, 0.4) is 0 Å². The van der Waals surface area contributed by atoms with Crippen molar-refractivity contribution in [3.05, 3.63) is 18.6 Å². The van der Waals surface area contributed by atoms with Gasteiger partial charge in [-0.15, -0.1) is 5.10 Å². The first-order valence-corrected chi connectivity index (χ1v) is 8.27. The molecule has 0 bridgehead atoms. The van der Waals surface area contributed by atoms with Crippen LogP contribution in [0, 0.1) is 0 Å². The van der Waals surface area contributed by atoms with E-state index in [4.69, 9.17) is 0 Å². The highest BCUT2D eigenvalue weighted by Crippen LogP contribution is 2.40. The van der Waals surface area contributed by atoms with Gasteiger partial charge in [0.2, 0.25) is 5.82 Å². The van der Waals surface area contributed by atoms with Gasteiger partial charge in [0.15, 0.2) is 17.3 Å². The number of aryl methyl sites for hydroxylation is 1. The minimum absolute atomic E-state index is 0.0869. The van der Waals surface area contributed by atoms with Crippen LogP contribution in [-0.4, -0.2) is 51.4 Å². The lowest BCUT2D eigenvalue weighted by Gasteiger charge is -2.31. The van der Waals surface area contributed by atoms with Crippen molar-refractivity contribution in [2.45, 2.75) is 31.6 Å². The van der Waals surface area contributed by atoms with E-state index in [1.807, 2.05) is 0 Å². The molecule has 0 aliphatic carbocycles. The molecule has 4 aromatic heterocycles. The zero-order chi connectivity index (χ0) is 18.9. The van der Waals surface area contributed by atoms with Crippen LogP contribution < -0.4 is 5.32 Å². The van der Waals surface area contributed by atoms with Crippen molar-refractivity contribution in [1.29, 1.82) is 0 Å². The maximum Gasteiger partial charge on any atom is 0.410 e. The summed E-state index contributed by atoms with van der Waals surface area (Å²) in [7, 11) is 1.76. The second-order valence-electron chi connectivity index (χ2n) is 6.65. The second kappa shape index (κ2) is 5.18. The van der Waals surface area contributed by atoms with E-state index in [-0.39, 0.29) is 24.0 Å². The fourth-order valence-corrected chi connectivity index (χ4v) is 3.41. The maximum absolute atomic E-state index is 13.4. The van der Waals surface area contributed by atoms with Crippen molar-refractivity contribution < 1.29 is 13.2 Å². The third-order valence-corrected chi connectivity index (χ3v) is 4.68. The van der Waals surface area contributed by atoms with E-state index in [1.165, 1.54) is 16.9 Å². The molecule has 12 heteroatoms. The van der Waals surface area contributed by atoms with Gasteiger partial charge in [0.1, 0.15) is 17.8 Å². The van der Waals surface area contributed by atoms with Gasteiger partial charge >= 0.3 is 6.18 Å². The molecule has 5 heterocycles. The van der Waals surface area contributed by atoms with Crippen molar-refractivity contribution in [3.8, 4) is 11.5 Å². The summed E-state index contributed by atoms with van der Waals surface area (Å²) in [6.45, 7) is 1.71. The minimum atomic E-state index is -4.38. The van der Waals surface area contributed by atoms with Crippen LogP contribution in [0.4, 0.5) is 19.0 Å². The third-order valence-electron chi connectivity index (χ3n) is 4.68. The molecule has 0 spiro atoms. The zero-order valence-electron chi connectivity index (χ0n) is 14.3. The summed E-state index contributed by atoms with van der Waals surface area (Å²) in [5, 5.41) is 16.3. The number of rotatable bonds is 1. The van der Waals surface area contributed by atoms with Crippen molar-refractivity contribution >= 4 is 22.5 Å². The molecule has 27 heavy (non-hydrogen) atoms. The molecule has 2 atom stereocenters. The Bertz CT molecular complexity index is 1170. The smallest absolute Gasteiger partial charge is 0.368 e. The summed E-state index contributed by atoms with van der Waals surface area (Å²) >= 11 is 0. The number of nitrogens with one attached hydrogen (secondary N) is 1. The van der Waals surface area contributed by atoms with Crippen LogP contribution in [0.25, 0.3) is 28.2 Å². The van der Waals surface area contributed by atoms with E-state index in [1.54, 1.807) is 24.9 Å². The van der Waals surface area contributed by atoms with Crippen LogP contribution >= 0.6 is 0 Å². The Labute approximate surface area is 149 Å². The molecule has 0 radical (unpaired) electrons. The summed E-state index contributed by atoms with van der Waals surface area (Å²) < 4.78 is 44.3. The van der Waals surface area contributed by atoms with E-state index in [9.17, 15) is 13.2 Å². The molecule has 0 unspecified atom stereocenters. The predicted molar refractivity (Wildman–Crippen MR) is 89.1 cm³/mol. The van der Waals surface area contributed by atoms with Crippen molar-refractivity contribution in [3.63, 3.8) is 0 Å². The Morgan fingerprint density at radius 1 is 1.22 bits per heavy atom. The lowest BCUT2D eigenvalue weighted by molar-refractivity contribution is -0.173. The summed E-state index contributed by atoms with van der Waals surface area (Å²) in [6.07, 6.45) is -1.36. The standard InChI is InChI=1S/C15H14F3N9/c1-7-3-10(15(16,17)18)27-11(21-7)4-9(23-27)12-22-14-8-5-20-25(2)13(8)19-6-26(14)24-12/h4-7,10,21H,3H2,1-2H3/t7-,10-/m0/s1. The Kier molecular flexibility index (Phi) is 3.07. The number of alkyl halides is 3. The molecule has 9 nitrogen and oxygen atoms in total. The molecule has 0 amide bonds. The van der Waals surface area contributed by atoms with Gasteiger partial charge in [0.05, 0.1) is 11.6 Å².